The van der Waals surface area contributed by atoms with Crippen molar-refractivity contribution in [2.45, 2.75) is 39.5 Å². The van der Waals surface area contributed by atoms with E-state index in [2.05, 4.69) is 64.8 Å². The Morgan fingerprint density at radius 1 is 0.962 bits per heavy atom. The first-order chi connectivity index (χ1) is 12.7. The molecule has 0 spiro atoms. The molecule has 2 aromatic rings. The molecule has 3 heteroatoms. The van der Waals surface area contributed by atoms with Crippen molar-refractivity contribution >= 4 is 5.95 Å². The Morgan fingerprint density at radius 2 is 1.58 bits per heavy atom. The normalized spacial score (nSPS) is 21.6. The summed E-state index contributed by atoms with van der Waals surface area (Å²) in [5, 5.41) is 0. The highest BCUT2D eigenvalue weighted by atomic mass is 15.3. The van der Waals surface area contributed by atoms with Crippen LogP contribution in [0.3, 0.4) is 0 Å². The summed E-state index contributed by atoms with van der Waals surface area (Å²) < 4.78 is 0. The van der Waals surface area contributed by atoms with Gasteiger partial charge in [-0.25, -0.2) is 9.97 Å². The molecule has 2 fully saturated rings. The minimum Gasteiger partial charge on any atom is -0.340 e. The fourth-order valence-corrected chi connectivity index (χ4v) is 4.29. The maximum atomic E-state index is 4.56. The van der Waals surface area contributed by atoms with Crippen LogP contribution in [-0.4, -0.2) is 23.1 Å². The van der Waals surface area contributed by atoms with Crippen molar-refractivity contribution in [2.24, 2.45) is 17.8 Å². The molecule has 134 valence electrons. The van der Waals surface area contributed by atoms with Crippen molar-refractivity contribution in [2.75, 3.05) is 18.0 Å². The van der Waals surface area contributed by atoms with Crippen LogP contribution in [0.4, 0.5) is 5.95 Å². The Kier molecular flexibility index (Phi) is 4.93. The molecule has 1 saturated heterocycles. The number of benzene rings is 1. The third-order valence-electron chi connectivity index (χ3n) is 5.60. The summed E-state index contributed by atoms with van der Waals surface area (Å²) in [6.07, 6.45) is 8.98. The standard InChI is InChI=1S/C23H27N3/c1-17(2)12-19-9-6-18(7-10-19)8-11-20-13-24-23(25-14-20)26-15-21-4-3-5-22(21)16-26/h6-7,9-10,13-14,17,21-22H,3-5,12,15-16H2,1-2H3. The predicted octanol–water partition coefficient (Wildman–Crippen LogP) is 4.31. The van der Waals surface area contributed by atoms with Gasteiger partial charge >= 0.3 is 0 Å². The summed E-state index contributed by atoms with van der Waals surface area (Å²) >= 11 is 0. The van der Waals surface area contributed by atoms with Crippen molar-refractivity contribution in [3.8, 4) is 11.8 Å². The fourth-order valence-electron chi connectivity index (χ4n) is 4.29. The number of rotatable bonds is 3. The number of fused-ring (bicyclic) bond motifs is 1. The highest BCUT2D eigenvalue weighted by molar-refractivity contribution is 5.43. The first-order valence-corrected chi connectivity index (χ1v) is 9.85. The molecule has 1 aromatic carbocycles. The van der Waals surface area contributed by atoms with E-state index in [9.17, 15) is 0 Å². The Labute approximate surface area is 156 Å². The zero-order valence-electron chi connectivity index (χ0n) is 15.8. The average Bonchev–Trinajstić information content (AvgIpc) is 3.23. The van der Waals surface area contributed by atoms with Crippen LogP contribution in [0.2, 0.25) is 0 Å². The van der Waals surface area contributed by atoms with Gasteiger partial charge in [0.1, 0.15) is 0 Å². The fraction of sp³-hybridized carbons (Fsp3) is 0.478. The molecule has 1 aromatic heterocycles. The van der Waals surface area contributed by atoms with Gasteiger partial charge < -0.3 is 4.90 Å². The molecule has 26 heavy (non-hydrogen) atoms. The topological polar surface area (TPSA) is 29.0 Å². The Balaban J connectivity index is 1.39. The monoisotopic (exact) mass is 345 g/mol. The van der Waals surface area contributed by atoms with Gasteiger partial charge in [-0.3, -0.25) is 0 Å². The van der Waals surface area contributed by atoms with Gasteiger partial charge in [-0.2, -0.15) is 0 Å². The van der Waals surface area contributed by atoms with Crippen molar-refractivity contribution in [1.82, 2.24) is 9.97 Å². The summed E-state index contributed by atoms with van der Waals surface area (Å²) in [5.74, 6) is 9.66. The van der Waals surface area contributed by atoms with Crippen molar-refractivity contribution in [3.63, 3.8) is 0 Å². The summed E-state index contributed by atoms with van der Waals surface area (Å²) in [4.78, 5) is 11.5. The minimum absolute atomic E-state index is 0.678. The molecule has 2 heterocycles. The molecule has 0 radical (unpaired) electrons. The van der Waals surface area contributed by atoms with Crippen LogP contribution in [0.15, 0.2) is 36.7 Å². The number of nitrogens with zero attached hydrogens (tertiary/aromatic N) is 3. The van der Waals surface area contributed by atoms with Gasteiger partial charge in [0.15, 0.2) is 0 Å². The second kappa shape index (κ2) is 7.50. The molecule has 1 saturated carbocycles. The van der Waals surface area contributed by atoms with E-state index in [1.54, 1.807) is 0 Å². The maximum absolute atomic E-state index is 4.56. The van der Waals surface area contributed by atoms with E-state index in [0.29, 0.717) is 5.92 Å². The third kappa shape index (κ3) is 3.90. The van der Waals surface area contributed by atoms with Gasteiger partial charge in [-0.05, 0) is 54.7 Å². The number of hydrogen-bond donors (Lipinski definition) is 0. The van der Waals surface area contributed by atoms with E-state index in [4.69, 9.17) is 0 Å². The molecule has 0 N–H and O–H groups in total. The molecule has 3 nitrogen and oxygen atoms in total. The van der Waals surface area contributed by atoms with Gasteiger partial charge in [0.05, 0.1) is 5.56 Å². The van der Waals surface area contributed by atoms with Gasteiger partial charge in [0.2, 0.25) is 5.95 Å². The summed E-state index contributed by atoms with van der Waals surface area (Å²) in [7, 11) is 0. The molecule has 0 bridgehead atoms. The van der Waals surface area contributed by atoms with Crippen LogP contribution in [0.1, 0.15) is 49.8 Å². The molecular weight excluding hydrogens is 318 g/mol. The Hall–Kier alpha value is -2.34. The molecule has 4 rings (SSSR count). The number of anilines is 1. The minimum atomic E-state index is 0.678. The zero-order valence-corrected chi connectivity index (χ0v) is 15.8. The van der Waals surface area contributed by atoms with E-state index in [0.717, 1.165) is 48.4 Å². The lowest BCUT2D eigenvalue weighted by atomic mass is 10.0. The number of aromatic nitrogens is 2. The second-order valence-corrected chi connectivity index (χ2v) is 8.17. The molecule has 0 amide bonds. The van der Waals surface area contributed by atoms with Crippen LogP contribution in [0, 0.1) is 29.6 Å². The van der Waals surface area contributed by atoms with E-state index in [1.165, 1.54) is 24.8 Å². The van der Waals surface area contributed by atoms with Crippen LogP contribution in [0.25, 0.3) is 0 Å². The van der Waals surface area contributed by atoms with Crippen molar-refractivity contribution in [1.29, 1.82) is 0 Å². The summed E-state index contributed by atoms with van der Waals surface area (Å²) in [6, 6.07) is 8.55. The van der Waals surface area contributed by atoms with E-state index < -0.39 is 0 Å². The van der Waals surface area contributed by atoms with E-state index in [-0.39, 0.29) is 0 Å². The lowest BCUT2D eigenvalue weighted by molar-refractivity contribution is 0.494. The largest absolute Gasteiger partial charge is 0.340 e. The third-order valence-corrected chi connectivity index (χ3v) is 5.60. The first-order valence-electron chi connectivity index (χ1n) is 9.85. The molecular formula is C23H27N3. The smallest absolute Gasteiger partial charge is 0.225 e. The van der Waals surface area contributed by atoms with Crippen LogP contribution < -0.4 is 4.90 Å². The second-order valence-electron chi connectivity index (χ2n) is 8.17. The molecule has 1 aliphatic carbocycles. The van der Waals surface area contributed by atoms with E-state index in [1.807, 2.05) is 12.4 Å². The lowest BCUT2D eigenvalue weighted by Gasteiger charge is -2.16. The van der Waals surface area contributed by atoms with Crippen LogP contribution >= 0.6 is 0 Å². The highest BCUT2D eigenvalue weighted by Crippen LogP contribution is 2.38. The lowest BCUT2D eigenvalue weighted by Crippen LogP contribution is -2.22. The van der Waals surface area contributed by atoms with Gasteiger partial charge in [-0.1, -0.05) is 44.2 Å². The Bertz CT molecular complexity index is 784. The molecule has 2 atom stereocenters. The predicted molar refractivity (Wildman–Crippen MR) is 106 cm³/mol. The van der Waals surface area contributed by atoms with Gasteiger partial charge in [-0.15, -0.1) is 0 Å². The van der Waals surface area contributed by atoms with Crippen LogP contribution in [0.5, 0.6) is 0 Å². The average molecular weight is 345 g/mol. The first kappa shape index (κ1) is 17.1. The molecule has 1 aliphatic heterocycles. The van der Waals surface area contributed by atoms with E-state index >= 15 is 0 Å². The summed E-state index contributed by atoms with van der Waals surface area (Å²) in [6.45, 7) is 6.73. The zero-order chi connectivity index (χ0) is 17.9. The highest BCUT2D eigenvalue weighted by Gasteiger charge is 2.36. The maximum Gasteiger partial charge on any atom is 0.225 e. The quantitative estimate of drug-likeness (QED) is 0.776. The van der Waals surface area contributed by atoms with Gasteiger partial charge in [0.25, 0.3) is 0 Å². The Morgan fingerprint density at radius 3 is 2.19 bits per heavy atom. The van der Waals surface area contributed by atoms with Crippen LogP contribution in [-0.2, 0) is 6.42 Å². The molecule has 2 aliphatic rings. The van der Waals surface area contributed by atoms with Gasteiger partial charge in [0, 0.05) is 31.0 Å². The van der Waals surface area contributed by atoms with Crippen molar-refractivity contribution in [3.05, 3.63) is 53.3 Å². The van der Waals surface area contributed by atoms with Crippen molar-refractivity contribution < 1.29 is 0 Å². The summed E-state index contributed by atoms with van der Waals surface area (Å²) in [5.41, 5.74) is 3.28. The number of hydrogen-bond acceptors (Lipinski definition) is 3. The molecule has 2 unspecified atom stereocenters. The SMILES string of the molecule is CC(C)Cc1ccc(C#Cc2cnc(N3CC4CCCC4C3)nc2)cc1.